The predicted molar refractivity (Wildman–Crippen MR) is 222 cm³/mol. The number of unbranched alkanes of at least 4 members (excludes halogenated alkanes) is 16. The van der Waals surface area contributed by atoms with E-state index < -0.39 is 0 Å². The summed E-state index contributed by atoms with van der Waals surface area (Å²) in [6.07, 6.45) is 30.9. The highest BCUT2D eigenvalue weighted by Crippen LogP contribution is 2.15. The smallest absolute Gasteiger partial charge is 0.222 e. The molecular formula is C44H82N4O5. The molecule has 0 aromatic rings. The Kier molecular flexibility index (Phi) is 34.5. The van der Waals surface area contributed by atoms with Crippen molar-refractivity contribution >= 4 is 23.6 Å². The lowest BCUT2D eigenvalue weighted by molar-refractivity contribution is -0.130. The number of amides is 4. The lowest BCUT2D eigenvalue weighted by Gasteiger charge is -2.20. The van der Waals surface area contributed by atoms with Crippen molar-refractivity contribution in [3.05, 3.63) is 25.3 Å². The van der Waals surface area contributed by atoms with Crippen molar-refractivity contribution in [3.63, 3.8) is 0 Å². The Morgan fingerprint density at radius 1 is 0.509 bits per heavy atom. The molecule has 0 heterocycles. The molecule has 53 heavy (non-hydrogen) atoms. The average molecular weight is 747 g/mol. The summed E-state index contributed by atoms with van der Waals surface area (Å²) in [6.45, 7) is 13.5. The number of carbonyl (C=O) groups excluding carboxylic acids is 4. The third-order valence-electron chi connectivity index (χ3n) is 10.1. The summed E-state index contributed by atoms with van der Waals surface area (Å²) in [5.41, 5.74) is 0. The molecule has 0 rings (SSSR count). The van der Waals surface area contributed by atoms with Gasteiger partial charge in [0.2, 0.25) is 23.6 Å². The van der Waals surface area contributed by atoms with E-state index in [2.05, 4.69) is 23.8 Å². The van der Waals surface area contributed by atoms with Gasteiger partial charge in [-0.05, 0) is 64.2 Å². The fourth-order valence-electron chi connectivity index (χ4n) is 6.74. The van der Waals surface area contributed by atoms with Gasteiger partial charge in [0, 0.05) is 79.2 Å². The van der Waals surface area contributed by atoms with Crippen LogP contribution in [0.15, 0.2) is 25.3 Å². The van der Waals surface area contributed by atoms with Gasteiger partial charge in [-0.1, -0.05) is 102 Å². The molecule has 0 saturated carbocycles. The second-order valence-electron chi connectivity index (χ2n) is 15.2. The van der Waals surface area contributed by atoms with Crippen LogP contribution in [0.5, 0.6) is 0 Å². The summed E-state index contributed by atoms with van der Waals surface area (Å²) in [6, 6.07) is 0.264. The largest absolute Gasteiger partial charge is 0.381 e. The van der Waals surface area contributed by atoms with E-state index in [1.165, 1.54) is 64.2 Å². The Morgan fingerprint density at radius 2 is 0.830 bits per heavy atom. The molecule has 0 fully saturated rings. The summed E-state index contributed by atoms with van der Waals surface area (Å²) in [7, 11) is 3.80. The zero-order chi connectivity index (χ0) is 39.4. The number of rotatable bonds is 38. The Balaban J connectivity index is 4.00. The normalized spacial score (nSPS) is 12.2. The fourth-order valence-corrected chi connectivity index (χ4v) is 6.74. The quantitative estimate of drug-likeness (QED) is 0.0484. The first kappa shape index (κ1) is 50.3. The number of hydrogen-bond donors (Lipinski definition) is 2. The van der Waals surface area contributed by atoms with Crippen LogP contribution in [0.25, 0.3) is 0 Å². The fraction of sp³-hybridized carbons (Fsp3) is 0.818. The molecule has 9 heteroatoms. The van der Waals surface area contributed by atoms with Crippen LogP contribution in [-0.4, -0.2) is 85.9 Å². The number of ether oxygens (including phenoxy) is 1. The lowest BCUT2D eigenvalue weighted by atomic mass is 10.0. The zero-order valence-corrected chi connectivity index (χ0v) is 34.9. The standard InChI is InChI=1S/C44H82N4O5/c1-7-9-27-35-47(5)43(51)31-25-21-17-13-11-15-19-23-29-41(45-39(3)49)33-37-53-38-34-42(46-40(4)50)30-24-20-16-12-14-18-22-26-32-44(52)48(6)36-28-10-8-2/h7-8,41-42H,1-2,9-38H2,3-6H3,(H,45,49)(H,46,50). The summed E-state index contributed by atoms with van der Waals surface area (Å²) in [5, 5.41) is 6.22. The van der Waals surface area contributed by atoms with Crippen molar-refractivity contribution in [1.29, 1.82) is 0 Å². The summed E-state index contributed by atoms with van der Waals surface area (Å²) in [4.78, 5) is 51.7. The lowest BCUT2D eigenvalue weighted by Crippen LogP contribution is -2.35. The second-order valence-corrected chi connectivity index (χ2v) is 15.2. The molecule has 0 aliphatic carbocycles. The van der Waals surface area contributed by atoms with Crippen molar-refractivity contribution in [2.45, 2.75) is 193 Å². The van der Waals surface area contributed by atoms with E-state index in [0.717, 1.165) is 103 Å². The van der Waals surface area contributed by atoms with Gasteiger partial charge in [0.05, 0.1) is 0 Å². The van der Waals surface area contributed by atoms with Crippen LogP contribution in [0.2, 0.25) is 0 Å². The SMILES string of the molecule is C=CCCCN(C)C(=O)CCCCCCCCCCC(CCOCCC(CCCCCCCCCCC(=O)N(C)CCCC=C)NC(C)=O)NC(C)=O. The van der Waals surface area contributed by atoms with E-state index in [4.69, 9.17) is 4.74 Å². The minimum atomic E-state index is 0.00715. The van der Waals surface area contributed by atoms with Gasteiger partial charge in [0.15, 0.2) is 0 Å². The van der Waals surface area contributed by atoms with Gasteiger partial charge in [0.1, 0.15) is 0 Å². The van der Waals surface area contributed by atoms with Gasteiger partial charge >= 0.3 is 0 Å². The topological polar surface area (TPSA) is 108 Å². The molecule has 2 unspecified atom stereocenters. The maximum absolute atomic E-state index is 12.2. The van der Waals surface area contributed by atoms with Gasteiger partial charge in [-0.3, -0.25) is 19.2 Å². The minimum Gasteiger partial charge on any atom is -0.381 e. The molecule has 0 saturated heterocycles. The molecule has 0 aromatic heterocycles. The Labute approximate surface area is 325 Å². The van der Waals surface area contributed by atoms with E-state index in [9.17, 15) is 19.2 Å². The first-order valence-electron chi connectivity index (χ1n) is 21.4. The molecule has 2 atom stereocenters. The average Bonchev–Trinajstić information content (AvgIpc) is 3.11. The Hall–Kier alpha value is -2.68. The zero-order valence-electron chi connectivity index (χ0n) is 34.9. The summed E-state index contributed by atoms with van der Waals surface area (Å²) in [5.74, 6) is 0.522. The number of nitrogens with zero attached hydrogens (tertiary/aromatic N) is 2. The molecule has 0 aliphatic rings. The first-order chi connectivity index (χ1) is 25.6. The maximum atomic E-state index is 12.2. The van der Waals surface area contributed by atoms with Crippen LogP contribution in [0.4, 0.5) is 0 Å². The van der Waals surface area contributed by atoms with Gasteiger partial charge in [-0.25, -0.2) is 0 Å². The van der Waals surface area contributed by atoms with E-state index in [1.54, 1.807) is 13.8 Å². The monoisotopic (exact) mass is 747 g/mol. The predicted octanol–water partition coefficient (Wildman–Crippen LogP) is 9.44. The number of hydrogen-bond acceptors (Lipinski definition) is 5. The van der Waals surface area contributed by atoms with Crippen molar-refractivity contribution in [3.8, 4) is 0 Å². The van der Waals surface area contributed by atoms with Crippen molar-refractivity contribution in [2.24, 2.45) is 0 Å². The number of nitrogens with one attached hydrogen (secondary N) is 2. The molecule has 308 valence electrons. The second kappa shape index (κ2) is 36.3. The van der Waals surface area contributed by atoms with Gasteiger partial charge in [-0.15, -0.1) is 13.2 Å². The third kappa shape index (κ3) is 33.6. The van der Waals surface area contributed by atoms with Crippen LogP contribution in [0.3, 0.4) is 0 Å². The van der Waals surface area contributed by atoms with Crippen molar-refractivity contribution in [2.75, 3.05) is 40.4 Å². The van der Waals surface area contributed by atoms with Crippen LogP contribution in [0.1, 0.15) is 181 Å². The Bertz CT molecular complexity index is 884. The molecule has 0 spiro atoms. The highest BCUT2D eigenvalue weighted by Gasteiger charge is 2.13. The molecule has 2 N–H and O–H groups in total. The molecule has 9 nitrogen and oxygen atoms in total. The molecule has 0 bridgehead atoms. The van der Waals surface area contributed by atoms with Gasteiger partial charge in [0.25, 0.3) is 0 Å². The van der Waals surface area contributed by atoms with Crippen LogP contribution < -0.4 is 10.6 Å². The van der Waals surface area contributed by atoms with Crippen molar-refractivity contribution < 1.29 is 23.9 Å². The van der Waals surface area contributed by atoms with Crippen LogP contribution in [-0.2, 0) is 23.9 Å². The molecule has 0 aliphatic heterocycles. The van der Waals surface area contributed by atoms with Crippen LogP contribution in [0, 0.1) is 0 Å². The van der Waals surface area contributed by atoms with Gasteiger partial charge < -0.3 is 25.2 Å². The first-order valence-corrected chi connectivity index (χ1v) is 21.4. The van der Waals surface area contributed by atoms with Crippen LogP contribution >= 0.6 is 0 Å². The van der Waals surface area contributed by atoms with E-state index in [1.807, 2.05) is 36.0 Å². The molecular weight excluding hydrogens is 665 g/mol. The molecule has 0 aromatic carbocycles. The maximum Gasteiger partial charge on any atom is 0.222 e. The van der Waals surface area contributed by atoms with E-state index >= 15 is 0 Å². The summed E-state index contributed by atoms with van der Waals surface area (Å²) >= 11 is 0. The van der Waals surface area contributed by atoms with E-state index in [0.29, 0.717) is 26.1 Å². The third-order valence-corrected chi connectivity index (χ3v) is 10.1. The molecule has 4 amide bonds. The minimum absolute atomic E-state index is 0.00715. The van der Waals surface area contributed by atoms with E-state index in [-0.39, 0.29) is 35.7 Å². The number of allylic oxidation sites excluding steroid dienone is 2. The van der Waals surface area contributed by atoms with Gasteiger partial charge in [-0.2, -0.15) is 0 Å². The van der Waals surface area contributed by atoms with Crippen molar-refractivity contribution in [1.82, 2.24) is 20.4 Å². The summed E-state index contributed by atoms with van der Waals surface area (Å²) < 4.78 is 5.98. The highest BCUT2D eigenvalue weighted by atomic mass is 16.5. The Morgan fingerprint density at radius 3 is 1.15 bits per heavy atom. The molecule has 0 radical (unpaired) electrons. The number of carbonyl (C=O) groups is 4. The highest BCUT2D eigenvalue weighted by molar-refractivity contribution is 5.76.